The van der Waals surface area contributed by atoms with E-state index in [0.717, 1.165) is 45.0 Å². The summed E-state index contributed by atoms with van der Waals surface area (Å²) in [7, 11) is 1.54. The van der Waals surface area contributed by atoms with Crippen LogP contribution in [0.15, 0.2) is 53.8 Å². The van der Waals surface area contributed by atoms with Crippen LogP contribution in [0.2, 0.25) is 5.02 Å². The van der Waals surface area contributed by atoms with Crippen LogP contribution in [0.4, 0.5) is 0 Å². The summed E-state index contributed by atoms with van der Waals surface area (Å²) >= 11 is 6.09. The van der Waals surface area contributed by atoms with Gasteiger partial charge in [-0.25, -0.2) is 9.97 Å². The average molecular weight is 433 g/mol. The first-order valence-electron chi connectivity index (χ1n) is 10.2. The number of hydrogen-bond acceptors (Lipinski definition) is 5. The number of carbonyl (C=O) groups is 1. The standard InChI is InChI=1S/C24H21ClN4O2/c1-31-24-27-12-19(13-28-24)23-21-9-18-14-29(6-5-15-3-2-4-20(25)7-15)22(30)10-16(18)8-17(21)11-26-23/h2-4,7-9,12-13H,5-6,10-11,14H2,1H3. The Hall–Kier alpha value is -3.25. The first-order valence-corrected chi connectivity index (χ1v) is 10.6. The fraction of sp³-hybridized carbons (Fsp3) is 0.250. The third-order valence-corrected chi connectivity index (χ3v) is 6.02. The van der Waals surface area contributed by atoms with Crippen molar-refractivity contribution >= 4 is 23.2 Å². The van der Waals surface area contributed by atoms with Gasteiger partial charge in [0.1, 0.15) is 0 Å². The molecule has 0 atom stereocenters. The van der Waals surface area contributed by atoms with Crippen molar-refractivity contribution in [3.8, 4) is 6.01 Å². The Morgan fingerprint density at radius 3 is 2.71 bits per heavy atom. The molecule has 31 heavy (non-hydrogen) atoms. The summed E-state index contributed by atoms with van der Waals surface area (Å²) in [6, 6.07) is 12.5. The first kappa shape index (κ1) is 19.7. The molecule has 1 amide bonds. The van der Waals surface area contributed by atoms with Crippen molar-refractivity contribution in [2.45, 2.75) is 25.9 Å². The zero-order chi connectivity index (χ0) is 21.4. The van der Waals surface area contributed by atoms with Crippen molar-refractivity contribution in [3.63, 3.8) is 0 Å². The van der Waals surface area contributed by atoms with Crippen LogP contribution >= 0.6 is 11.6 Å². The molecule has 7 heteroatoms. The zero-order valence-corrected chi connectivity index (χ0v) is 17.9. The maximum absolute atomic E-state index is 12.7. The number of aromatic nitrogens is 2. The van der Waals surface area contributed by atoms with Gasteiger partial charge in [-0.1, -0.05) is 29.8 Å². The first-order chi connectivity index (χ1) is 15.1. The molecule has 6 nitrogen and oxygen atoms in total. The lowest BCUT2D eigenvalue weighted by Crippen LogP contribution is -2.37. The number of amides is 1. The highest BCUT2D eigenvalue weighted by molar-refractivity contribution is 6.30. The molecule has 0 spiro atoms. The van der Waals surface area contributed by atoms with Gasteiger partial charge in [0, 0.05) is 41.6 Å². The van der Waals surface area contributed by atoms with Crippen molar-refractivity contribution < 1.29 is 9.53 Å². The maximum atomic E-state index is 12.7. The second-order valence-electron chi connectivity index (χ2n) is 7.77. The van der Waals surface area contributed by atoms with Gasteiger partial charge in [-0.05, 0) is 46.9 Å². The molecule has 0 fully saturated rings. The fourth-order valence-corrected chi connectivity index (χ4v) is 4.39. The molecule has 2 aliphatic rings. The van der Waals surface area contributed by atoms with Gasteiger partial charge in [0.15, 0.2) is 0 Å². The Morgan fingerprint density at radius 2 is 1.94 bits per heavy atom. The number of ether oxygens (including phenoxy) is 1. The Bertz CT molecular complexity index is 1190. The molecule has 156 valence electrons. The van der Waals surface area contributed by atoms with Crippen molar-refractivity contribution in [3.05, 3.63) is 87.2 Å². The van der Waals surface area contributed by atoms with Crippen molar-refractivity contribution in [1.29, 1.82) is 0 Å². The second kappa shape index (κ2) is 8.12. The maximum Gasteiger partial charge on any atom is 0.316 e. The highest BCUT2D eigenvalue weighted by Gasteiger charge is 2.27. The molecule has 0 saturated carbocycles. The molecule has 3 heterocycles. The number of benzene rings is 2. The summed E-state index contributed by atoms with van der Waals surface area (Å²) in [5, 5.41) is 0.720. The normalized spacial score (nSPS) is 14.8. The third kappa shape index (κ3) is 3.91. The average Bonchev–Trinajstić information content (AvgIpc) is 3.19. The largest absolute Gasteiger partial charge is 0.467 e. The van der Waals surface area contributed by atoms with E-state index in [4.69, 9.17) is 21.3 Å². The van der Waals surface area contributed by atoms with E-state index < -0.39 is 0 Å². The summed E-state index contributed by atoms with van der Waals surface area (Å²) < 4.78 is 5.05. The van der Waals surface area contributed by atoms with E-state index in [1.807, 2.05) is 29.2 Å². The van der Waals surface area contributed by atoms with E-state index in [9.17, 15) is 4.79 Å². The Kier molecular flexibility index (Phi) is 5.16. The van der Waals surface area contributed by atoms with Gasteiger partial charge in [-0.3, -0.25) is 9.79 Å². The van der Waals surface area contributed by atoms with Gasteiger partial charge < -0.3 is 9.64 Å². The van der Waals surface area contributed by atoms with Gasteiger partial charge in [-0.15, -0.1) is 0 Å². The molecular formula is C24H21ClN4O2. The van der Waals surface area contributed by atoms with E-state index in [2.05, 4.69) is 22.1 Å². The lowest BCUT2D eigenvalue weighted by atomic mass is 9.91. The minimum absolute atomic E-state index is 0.164. The summed E-state index contributed by atoms with van der Waals surface area (Å²) in [5.74, 6) is 0.164. The number of aliphatic imine (C=N–C) groups is 1. The third-order valence-electron chi connectivity index (χ3n) is 5.79. The highest BCUT2D eigenvalue weighted by Crippen LogP contribution is 2.30. The van der Waals surface area contributed by atoms with E-state index in [1.54, 1.807) is 19.5 Å². The molecule has 0 saturated heterocycles. The fourth-order valence-electron chi connectivity index (χ4n) is 4.17. The minimum atomic E-state index is 0.164. The Labute approximate surface area is 185 Å². The molecule has 1 aromatic heterocycles. The second-order valence-corrected chi connectivity index (χ2v) is 8.21. The lowest BCUT2D eigenvalue weighted by molar-refractivity contribution is -0.131. The molecule has 3 aromatic rings. The van der Waals surface area contributed by atoms with Crippen molar-refractivity contribution in [2.24, 2.45) is 4.99 Å². The molecule has 0 radical (unpaired) electrons. The van der Waals surface area contributed by atoms with Gasteiger partial charge in [0.2, 0.25) is 5.91 Å². The van der Waals surface area contributed by atoms with Gasteiger partial charge in [0.25, 0.3) is 0 Å². The highest BCUT2D eigenvalue weighted by atomic mass is 35.5. The zero-order valence-electron chi connectivity index (χ0n) is 17.1. The molecule has 2 aromatic carbocycles. The SMILES string of the molecule is COc1ncc(C2=NCc3cc4c(cc32)CN(CCc2cccc(Cl)c2)C(=O)C4)cn1. The predicted octanol–water partition coefficient (Wildman–Crippen LogP) is 3.62. The molecule has 0 bridgehead atoms. The summed E-state index contributed by atoms with van der Waals surface area (Å²) in [5.41, 5.74) is 7.40. The van der Waals surface area contributed by atoms with E-state index in [1.165, 1.54) is 5.56 Å². The Balaban J connectivity index is 1.37. The minimum Gasteiger partial charge on any atom is -0.467 e. The van der Waals surface area contributed by atoms with Crippen LogP contribution in [0, 0.1) is 0 Å². The van der Waals surface area contributed by atoms with Crippen LogP contribution in [0.3, 0.4) is 0 Å². The molecule has 0 N–H and O–H groups in total. The molecule has 0 aliphatic carbocycles. The van der Waals surface area contributed by atoms with Gasteiger partial charge >= 0.3 is 6.01 Å². The monoisotopic (exact) mass is 432 g/mol. The quantitative estimate of drug-likeness (QED) is 0.617. The topological polar surface area (TPSA) is 67.7 Å². The van der Waals surface area contributed by atoms with Crippen molar-refractivity contribution in [1.82, 2.24) is 14.9 Å². The molecule has 0 unspecified atom stereocenters. The van der Waals surface area contributed by atoms with E-state index in [0.29, 0.717) is 32.1 Å². The van der Waals surface area contributed by atoms with Crippen LogP contribution < -0.4 is 4.74 Å². The van der Waals surface area contributed by atoms with Gasteiger partial charge in [0.05, 0.1) is 25.8 Å². The van der Waals surface area contributed by atoms with Crippen LogP contribution in [0.25, 0.3) is 0 Å². The predicted molar refractivity (Wildman–Crippen MR) is 119 cm³/mol. The van der Waals surface area contributed by atoms with Crippen LogP contribution in [0.1, 0.15) is 33.4 Å². The van der Waals surface area contributed by atoms with E-state index >= 15 is 0 Å². The number of methoxy groups -OCH3 is 1. The molecule has 2 aliphatic heterocycles. The summed E-state index contributed by atoms with van der Waals surface area (Å²) in [6.07, 6.45) is 4.68. The summed E-state index contributed by atoms with van der Waals surface area (Å²) in [6.45, 7) is 1.88. The number of halogens is 1. The van der Waals surface area contributed by atoms with Gasteiger partial charge in [-0.2, -0.15) is 0 Å². The molecular weight excluding hydrogens is 412 g/mol. The number of nitrogens with zero attached hydrogens (tertiary/aromatic N) is 4. The Morgan fingerprint density at radius 1 is 1.10 bits per heavy atom. The van der Waals surface area contributed by atoms with E-state index in [-0.39, 0.29) is 5.91 Å². The summed E-state index contributed by atoms with van der Waals surface area (Å²) in [4.78, 5) is 27.8. The number of rotatable bonds is 5. The van der Waals surface area contributed by atoms with Crippen LogP contribution in [0.5, 0.6) is 6.01 Å². The lowest BCUT2D eigenvalue weighted by Gasteiger charge is -2.29. The van der Waals surface area contributed by atoms with Crippen molar-refractivity contribution in [2.75, 3.05) is 13.7 Å². The number of hydrogen-bond donors (Lipinski definition) is 0. The van der Waals surface area contributed by atoms with Crippen LogP contribution in [-0.4, -0.2) is 40.1 Å². The number of carbonyl (C=O) groups excluding carboxylic acids is 1. The van der Waals surface area contributed by atoms with Crippen LogP contribution in [-0.2, 0) is 30.7 Å². The smallest absolute Gasteiger partial charge is 0.316 e. The number of fused-ring (bicyclic) bond motifs is 2. The molecule has 5 rings (SSSR count).